The van der Waals surface area contributed by atoms with Crippen LogP contribution in [0.2, 0.25) is 0 Å². The van der Waals surface area contributed by atoms with Crippen molar-refractivity contribution in [3.05, 3.63) is 39.8 Å². The first-order valence-corrected chi connectivity index (χ1v) is 7.63. The molecule has 0 atom stereocenters. The summed E-state index contributed by atoms with van der Waals surface area (Å²) in [7, 11) is 3.00. The van der Waals surface area contributed by atoms with E-state index in [0.29, 0.717) is 27.6 Å². The third-order valence-corrected chi connectivity index (χ3v) is 4.63. The number of primary amides is 1. The first-order valence-electron chi connectivity index (χ1n) is 6.82. The van der Waals surface area contributed by atoms with E-state index in [1.165, 1.54) is 25.6 Å². The van der Waals surface area contributed by atoms with Gasteiger partial charge in [0.05, 0.1) is 25.3 Å². The number of benzene rings is 1. The lowest BCUT2D eigenvalue weighted by molar-refractivity contribution is 0.100. The molecule has 1 heterocycles. The van der Waals surface area contributed by atoms with Crippen molar-refractivity contribution in [1.82, 2.24) is 0 Å². The molecule has 0 aliphatic carbocycles. The van der Waals surface area contributed by atoms with Gasteiger partial charge < -0.3 is 20.5 Å². The van der Waals surface area contributed by atoms with E-state index in [9.17, 15) is 9.59 Å². The average molecular weight is 334 g/mol. The second-order valence-corrected chi connectivity index (χ2v) is 6.10. The summed E-state index contributed by atoms with van der Waals surface area (Å²) in [6.07, 6.45) is 0. The van der Waals surface area contributed by atoms with Gasteiger partial charge in [-0.1, -0.05) is 0 Å². The number of methoxy groups -OCH3 is 2. The normalized spacial score (nSPS) is 10.3. The maximum Gasteiger partial charge on any atom is 0.260 e. The van der Waals surface area contributed by atoms with Crippen molar-refractivity contribution in [2.75, 3.05) is 19.5 Å². The van der Waals surface area contributed by atoms with Crippen molar-refractivity contribution in [2.45, 2.75) is 13.8 Å². The smallest absolute Gasteiger partial charge is 0.260 e. The fraction of sp³-hybridized carbons (Fsp3) is 0.250. The largest absolute Gasteiger partial charge is 0.497 e. The van der Waals surface area contributed by atoms with Crippen molar-refractivity contribution < 1.29 is 19.1 Å². The lowest BCUT2D eigenvalue weighted by atomic mass is 10.1. The molecule has 1 aromatic carbocycles. The van der Waals surface area contributed by atoms with Gasteiger partial charge in [-0.3, -0.25) is 9.59 Å². The van der Waals surface area contributed by atoms with Crippen molar-refractivity contribution in [1.29, 1.82) is 0 Å². The number of hydrogen-bond acceptors (Lipinski definition) is 5. The van der Waals surface area contributed by atoms with Crippen LogP contribution in [0.25, 0.3) is 0 Å². The predicted molar refractivity (Wildman–Crippen MR) is 89.8 cm³/mol. The number of nitrogens with two attached hydrogens (primary N) is 1. The highest BCUT2D eigenvalue weighted by molar-refractivity contribution is 7.16. The average Bonchev–Trinajstić information content (AvgIpc) is 2.80. The van der Waals surface area contributed by atoms with Crippen molar-refractivity contribution >= 4 is 28.2 Å². The van der Waals surface area contributed by atoms with Crippen LogP contribution in [0.5, 0.6) is 11.5 Å². The topological polar surface area (TPSA) is 90.6 Å². The van der Waals surface area contributed by atoms with Gasteiger partial charge in [-0.05, 0) is 31.5 Å². The highest BCUT2D eigenvalue weighted by Crippen LogP contribution is 2.33. The Morgan fingerprint density at radius 1 is 1.17 bits per heavy atom. The molecule has 0 saturated carbocycles. The monoisotopic (exact) mass is 334 g/mol. The van der Waals surface area contributed by atoms with Crippen LogP contribution in [0.1, 0.15) is 31.2 Å². The molecular formula is C16H18N2O4S. The molecule has 0 aliphatic heterocycles. The Kier molecular flexibility index (Phi) is 4.90. The zero-order valence-electron chi connectivity index (χ0n) is 13.4. The van der Waals surface area contributed by atoms with Crippen molar-refractivity contribution in [3.8, 4) is 11.5 Å². The molecule has 2 rings (SSSR count). The molecule has 3 N–H and O–H groups in total. The maximum absolute atomic E-state index is 12.5. The molecule has 1 aromatic heterocycles. The van der Waals surface area contributed by atoms with E-state index in [1.807, 2.05) is 6.92 Å². The molecule has 2 aromatic rings. The van der Waals surface area contributed by atoms with Crippen LogP contribution in [0.3, 0.4) is 0 Å². The molecule has 0 radical (unpaired) electrons. The molecule has 6 nitrogen and oxygen atoms in total. The summed E-state index contributed by atoms with van der Waals surface area (Å²) in [5.74, 6) is 0.0172. The van der Waals surface area contributed by atoms with Crippen LogP contribution < -0.4 is 20.5 Å². The molecule has 0 bridgehead atoms. The molecule has 122 valence electrons. The SMILES string of the molecule is COc1ccc(C(=O)Nc2sc(C)c(C)c2C(N)=O)c(OC)c1. The Morgan fingerprint density at radius 3 is 2.43 bits per heavy atom. The lowest BCUT2D eigenvalue weighted by Gasteiger charge is -2.10. The van der Waals surface area contributed by atoms with Gasteiger partial charge in [-0.25, -0.2) is 0 Å². The van der Waals surface area contributed by atoms with Gasteiger partial charge in [0.2, 0.25) is 0 Å². The molecule has 23 heavy (non-hydrogen) atoms. The van der Waals surface area contributed by atoms with E-state index in [4.69, 9.17) is 15.2 Å². The summed E-state index contributed by atoms with van der Waals surface area (Å²) in [4.78, 5) is 25.1. The van der Waals surface area contributed by atoms with Crippen molar-refractivity contribution in [2.24, 2.45) is 5.73 Å². The van der Waals surface area contributed by atoms with Gasteiger partial charge in [0, 0.05) is 10.9 Å². The van der Waals surface area contributed by atoms with E-state index in [-0.39, 0.29) is 5.91 Å². The number of hydrogen-bond donors (Lipinski definition) is 2. The fourth-order valence-electron chi connectivity index (χ4n) is 2.17. The Bertz CT molecular complexity index is 768. The van der Waals surface area contributed by atoms with Gasteiger partial charge in [-0.2, -0.15) is 0 Å². The van der Waals surface area contributed by atoms with Crippen LogP contribution in [0.4, 0.5) is 5.00 Å². The number of anilines is 1. The third kappa shape index (κ3) is 3.29. The number of carbonyl (C=O) groups is 2. The number of ether oxygens (including phenoxy) is 2. The number of aryl methyl sites for hydroxylation is 1. The first kappa shape index (κ1) is 16.8. The lowest BCUT2D eigenvalue weighted by Crippen LogP contribution is -2.18. The van der Waals surface area contributed by atoms with Crippen LogP contribution >= 0.6 is 11.3 Å². The van der Waals surface area contributed by atoms with Gasteiger partial charge in [-0.15, -0.1) is 11.3 Å². The zero-order chi connectivity index (χ0) is 17.1. The minimum Gasteiger partial charge on any atom is -0.497 e. The van der Waals surface area contributed by atoms with Gasteiger partial charge in [0.15, 0.2) is 0 Å². The number of rotatable bonds is 5. The molecule has 0 saturated heterocycles. The highest BCUT2D eigenvalue weighted by atomic mass is 32.1. The Morgan fingerprint density at radius 2 is 1.87 bits per heavy atom. The van der Waals surface area contributed by atoms with E-state index in [1.54, 1.807) is 25.1 Å². The second-order valence-electron chi connectivity index (χ2n) is 4.87. The van der Waals surface area contributed by atoms with Crippen LogP contribution in [-0.4, -0.2) is 26.0 Å². The third-order valence-electron chi connectivity index (χ3n) is 3.51. The molecule has 0 aliphatic rings. The van der Waals surface area contributed by atoms with E-state index >= 15 is 0 Å². The zero-order valence-corrected chi connectivity index (χ0v) is 14.2. The van der Waals surface area contributed by atoms with Gasteiger partial charge >= 0.3 is 0 Å². The summed E-state index contributed by atoms with van der Waals surface area (Å²) in [5, 5.41) is 3.18. The quantitative estimate of drug-likeness (QED) is 0.879. The van der Waals surface area contributed by atoms with Gasteiger partial charge in [0.25, 0.3) is 11.8 Å². The number of nitrogens with one attached hydrogen (secondary N) is 1. The summed E-state index contributed by atoms with van der Waals surface area (Å²) in [6.45, 7) is 3.67. The summed E-state index contributed by atoms with van der Waals surface area (Å²) < 4.78 is 10.3. The van der Waals surface area contributed by atoms with Crippen LogP contribution in [-0.2, 0) is 0 Å². The molecule has 0 fully saturated rings. The summed E-state index contributed by atoms with van der Waals surface area (Å²) >= 11 is 1.32. The van der Waals surface area contributed by atoms with E-state index < -0.39 is 5.91 Å². The Labute approximate surface area is 138 Å². The highest BCUT2D eigenvalue weighted by Gasteiger charge is 2.21. The second kappa shape index (κ2) is 6.70. The fourth-order valence-corrected chi connectivity index (χ4v) is 3.23. The van der Waals surface area contributed by atoms with Gasteiger partial charge in [0.1, 0.15) is 16.5 Å². The Hall–Kier alpha value is -2.54. The van der Waals surface area contributed by atoms with Crippen LogP contribution in [0.15, 0.2) is 18.2 Å². The van der Waals surface area contributed by atoms with E-state index in [0.717, 1.165) is 10.4 Å². The minimum atomic E-state index is -0.566. The molecule has 0 unspecified atom stereocenters. The molecule has 7 heteroatoms. The maximum atomic E-state index is 12.5. The minimum absolute atomic E-state index is 0.340. The van der Waals surface area contributed by atoms with Crippen molar-refractivity contribution in [3.63, 3.8) is 0 Å². The predicted octanol–water partition coefficient (Wildman–Crippen LogP) is 2.73. The molecule has 0 spiro atoms. The number of amides is 2. The first-order chi connectivity index (χ1) is 10.9. The number of thiophene rings is 1. The standard InChI is InChI=1S/C16H18N2O4S/c1-8-9(2)23-16(13(8)14(17)19)18-15(20)11-6-5-10(21-3)7-12(11)22-4/h5-7H,1-4H3,(H2,17,19)(H,18,20). The van der Waals surface area contributed by atoms with Crippen LogP contribution in [0, 0.1) is 13.8 Å². The summed E-state index contributed by atoms with van der Waals surface area (Å²) in [6, 6.07) is 4.89. The molecule has 2 amide bonds. The number of carbonyl (C=O) groups excluding carboxylic acids is 2. The Balaban J connectivity index is 2.37. The summed E-state index contributed by atoms with van der Waals surface area (Å²) in [5.41, 5.74) is 6.87. The molecular weight excluding hydrogens is 316 g/mol. The van der Waals surface area contributed by atoms with E-state index in [2.05, 4.69) is 5.32 Å².